The largest absolute Gasteiger partial charge is 0.355 e. The molecule has 0 aromatic heterocycles. The fourth-order valence-electron chi connectivity index (χ4n) is 1.45. The van der Waals surface area contributed by atoms with Gasteiger partial charge in [-0.05, 0) is 24.1 Å². The molecule has 0 aliphatic carbocycles. The van der Waals surface area contributed by atoms with Crippen molar-refractivity contribution < 1.29 is 9.59 Å². The Labute approximate surface area is 113 Å². The minimum atomic E-state index is -0.296. The summed E-state index contributed by atoms with van der Waals surface area (Å²) >= 11 is 0. The lowest BCUT2D eigenvalue weighted by atomic mass is 10.1. The number of carbonyl (C=O) groups excluding carboxylic acids is 2. The van der Waals surface area contributed by atoms with Crippen LogP contribution in [0.5, 0.6) is 0 Å². The Morgan fingerprint density at radius 1 is 1.16 bits per heavy atom. The number of nitrogens with one attached hydrogen (secondary N) is 3. The van der Waals surface area contributed by atoms with Crippen LogP contribution in [0.15, 0.2) is 30.5 Å². The van der Waals surface area contributed by atoms with Crippen LogP contribution >= 0.6 is 0 Å². The molecule has 5 heteroatoms. The second-order valence-corrected chi connectivity index (χ2v) is 4.07. The summed E-state index contributed by atoms with van der Waals surface area (Å²) in [6.45, 7) is 4.26. The van der Waals surface area contributed by atoms with Crippen LogP contribution in [-0.2, 0) is 4.79 Å². The molecule has 5 nitrogen and oxygen atoms in total. The SMILES string of the molecule is CC(=O)NCCNC(=O)N/C=C/c1ccccc1C. The lowest BCUT2D eigenvalue weighted by Crippen LogP contribution is -2.37. The van der Waals surface area contributed by atoms with Gasteiger partial charge in [-0.15, -0.1) is 0 Å². The van der Waals surface area contributed by atoms with Gasteiger partial charge in [-0.3, -0.25) is 4.79 Å². The van der Waals surface area contributed by atoms with E-state index >= 15 is 0 Å². The molecule has 1 aromatic carbocycles. The molecule has 0 radical (unpaired) electrons. The van der Waals surface area contributed by atoms with Crippen LogP contribution in [0, 0.1) is 6.92 Å². The average molecular weight is 261 g/mol. The Kier molecular flexibility index (Phi) is 6.15. The standard InChI is InChI=1S/C14H19N3O2/c1-11-5-3-4-6-13(11)7-8-16-14(19)17-10-9-15-12(2)18/h3-8H,9-10H2,1-2H3,(H,15,18)(H2,16,17,19)/b8-7+. The minimum Gasteiger partial charge on any atom is -0.355 e. The van der Waals surface area contributed by atoms with Crippen molar-refractivity contribution in [3.63, 3.8) is 0 Å². The van der Waals surface area contributed by atoms with Gasteiger partial charge in [0.15, 0.2) is 0 Å². The van der Waals surface area contributed by atoms with Gasteiger partial charge in [-0.1, -0.05) is 24.3 Å². The van der Waals surface area contributed by atoms with E-state index in [2.05, 4.69) is 16.0 Å². The Morgan fingerprint density at radius 3 is 2.53 bits per heavy atom. The molecule has 0 heterocycles. The number of aryl methyl sites for hydroxylation is 1. The zero-order valence-electron chi connectivity index (χ0n) is 11.2. The molecule has 1 aromatic rings. The zero-order chi connectivity index (χ0) is 14.1. The van der Waals surface area contributed by atoms with E-state index in [0.717, 1.165) is 11.1 Å². The van der Waals surface area contributed by atoms with Crippen LogP contribution in [0.2, 0.25) is 0 Å². The van der Waals surface area contributed by atoms with Crippen molar-refractivity contribution in [1.82, 2.24) is 16.0 Å². The summed E-state index contributed by atoms with van der Waals surface area (Å²) in [5.41, 5.74) is 2.20. The Hall–Kier alpha value is -2.30. The van der Waals surface area contributed by atoms with Gasteiger partial charge >= 0.3 is 6.03 Å². The number of hydrogen-bond acceptors (Lipinski definition) is 2. The van der Waals surface area contributed by atoms with Gasteiger partial charge in [0.1, 0.15) is 0 Å². The number of amides is 3. The molecule has 0 bridgehead atoms. The molecule has 3 amide bonds. The monoisotopic (exact) mass is 261 g/mol. The fraction of sp³-hybridized carbons (Fsp3) is 0.286. The topological polar surface area (TPSA) is 70.2 Å². The van der Waals surface area contributed by atoms with Gasteiger partial charge in [0, 0.05) is 26.2 Å². The van der Waals surface area contributed by atoms with Gasteiger partial charge in [0.25, 0.3) is 0 Å². The second kappa shape index (κ2) is 7.92. The van der Waals surface area contributed by atoms with E-state index in [-0.39, 0.29) is 11.9 Å². The Morgan fingerprint density at radius 2 is 1.84 bits per heavy atom. The number of carbonyl (C=O) groups is 2. The smallest absolute Gasteiger partial charge is 0.318 e. The normalized spacial score (nSPS) is 10.2. The van der Waals surface area contributed by atoms with E-state index in [1.165, 1.54) is 6.92 Å². The summed E-state index contributed by atoms with van der Waals surface area (Å²) in [6, 6.07) is 7.60. The molecule has 3 N–H and O–H groups in total. The van der Waals surface area contributed by atoms with Gasteiger partial charge in [0.05, 0.1) is 0 Å². The van der Waals surface area contributed by atoms with Crippen molar-refractivity contribution in [1.29, 1.82) is 0 Å². The molecule has 1 rings (SSSR count). The van der Waals surface area contributed by atoms with E-state index in [1.54, 1.807) is 6.20 Å². The molecule has 0 saturated carbocycles. The van der Waals surface area contributed by atoms with Crippen molar-refractivity contribution in [2.75, 3.05) is 13.1 Å². The molecule has 0 aliphatic rings. The highest BCUT2D eigenvalue weighted by atomic mass is 16.2. The maximum Gasteiger partial charge on any atom is 0.318 e. The van der Waals surface area contributed by atoms with Crippen LogP contribution in [-0.4, -0.2) is 25.0 Å². The molecule has 0 aliphatic heterocycles. The molecule has 0 atom stereocenters. The lowest BCUT2D eigenvalue weighted by molar-refractivity contribution is -0.118. The number of rotatable bonds is 5. The Balaban J connectivity index is 2.27. The number of urea groups is 1. The van der Waals surface area contributed by atoms with Gasteiger partial charge in [0.2, 0.25) is 5.91 Å². The first kappa shape index (κ1) is 14.8. The second-order valence-electron chi connectivity index (χ2n) is 4.07. The van der Waals surface area contributed by atoms with E-state index in [9.17, 15) is 9.59 Å². The Bertz CT molecular complexity index is 470. The molecular weight excluding hydrogens is 242 g/mol. The first-order valence-corrected chi connectivity index (χ1v) is 6.10. The van der Waals surface area contributed by atoms with Crippen molar-refractivity contribution in [2.45, 2.75) is 13.8 Å². The summed E-state index contributed by atoms with van der Waals surface area (Å²) in [6.07, 6.45) is 3.43. The third-order valence-electron chi connectivity index (χ3n) is 2.45. The molecular formula is C14H19N3O2. The fourth-order valence-corrected chi connectivity index (χ4v) is 1.45. The van der Waals surface area contributed by atoms with Gasteiger partial charge in [-0.25, -0.2) is 4.79 Å². The van der Waals surface area contributed by atoms with Gasteiger partial charge in [-0.2, -0.15) is 0 Å². The molecule has 19 heavy (non-hydrogen) atoms. The van der Waals surface area contributed by atoms with E-state index in [0.29, 0.717) is 13.1 Å². The van der Waals surface area contributed by atoms with Crippen LogP contribution < -0.4 is 16.0 Å². The summed E-state index contributed by atoms with van der Waals surface area (Å²) in [7, 11) is 0. The van der Waals surface area contributed by atoms with Gasteiger partial charge < -0.3 is 16.0 Å². The minimum absolute atomic E-state index is 0.110. The molecule has 0 saturated heterocycles. The predicted molar refractivity (Wildman–Crippen MR) is 75.4 cm³/mol. The number of benzene rings is 1. The van der Waals surface area contributed by atoms with Crippen LogP contribution in [0.1, 0.15) is 18.1 Å². The molecule has 0 spiro atoms. The first-order valence-electron chi connectivity index (χ1n) is 6.10. The van der Waals surface area contributed by atoms with E-state index in [1.807, 2.05) is 37.3 Å². The molecule has 0 unspecified atom stereocenters. The third-order valence-corrected chi connectivity index (χ3v) is 2.45. The van der Waals surface area contributed by atoms with Crippen molar-refractivity contribution in [3.8, 4) is 0 Å². The van der Waals surface area contributed by atoms with E-state index in [4.69, 9.17) is 0 Å². The highest BCUT2D eigenvalue weighted by Gasteiger charge is 1.96. The number of hydrogen-bond donors (Lipinski definition) is 3. The maximum atomic E-state index is 11.4. The average Bonchev–Trinajstić information content (AvgIpc) is 2.37. The predicted octanol–water partition coefficient (Wildman–Crippen LogP) is 1.40. The molecule has 102 valence electrons. The van der Waals surface area contributed by atoms with Crippen LogP contribution in [0.3, 0.4) is 0 Å². The van der Waals surface area contributed by atoms with E-state index < -0.39 is 0 Å². The summed E-state index contributed by atoms with van der Waals surface area (Å²) in [5.74, 6) is -0.110. The summed E-state index contributed by atoms with van der Waals surface area (Å²) in [5, 5.41) is 7.82. The highest BCUT2D eigenvalue weighted by molar-refractivity contribution is 5.76. The van der Waals surface area contributed by atoms with Crippen molar-refractivity contribution in [3.05, 3.63) is 41.6 Å². The summed E-state index contributed by atoms with van der Waals surface area (Å²) in [4.78, 5) is 22.0. The lowest BCUT2D eigenvalue weighted by Gasteiger charge is -2.05. The summed E-state index contributed by atoms with van der Waals surface area (Å²) < 4.78 is 0. The zero-order valence-corrected chi connectivity index (χ0v) is 11.2. The van der Waals surface area contributed by atoms with Crippen molar-refractivity contribution in [2.24, 2.45) is 0 Å². The van der Waals surface area contributed by atoms with Crippen LogP contribution in [0.4, 0.5) is 4.79 Å². The van der Waals surface area contributed by atoms with Crippen LogP contribution in [0.25, 0.3) is 6.08 Å². The molecule has 0 fully saturated rings. The third kappa shape index (κ3) is 6.26. The highest BCUT2D eigenvalue weighted by Crippen LogP contribution is 2.07. The quantitative estimate of drug-likeness (QED) is 0.701. The maximum absolute atomic E-state index is 11.4. The first-order chi connectivity index (χ1) is 9.09. The van der Waals surface area contributed by atoms with Crippen molar-refractivity contribution >= 4 is 18.0 Å².